The molecule has 2 amide bonds. The number of carbonyl (C=O) groups excluding carboxylic acids is 2. The fraction of sp³-hybridized carbons (Fsp3) is 0.417. The van der Waals surface area contributed by atoms with Gasteiger partial charge in [0.15, 0.2) is 0 Å². The smallest absolute Gasteiger partial charge is 0.253 e. The second-order valence-electron chi connectivity index (χ2n) is 8.10. The highest BCUT2D eigenvalue weighted by atomic mass is 16.2. The van der Waals surface area contributed by atoms with Gasteiger partial charge in [-0.25, -0.2) is 0 Å². The Morgan fingerprint density at radius 2 is 1.71 bits per heavy atom. The molecule has 1 fully saturated rings. The molecule has 4 rings (SSSR count). The fourth-order valence-electron chi connectivity index (χ4n) is 4.75. The van der Waals surface area contributed by atoms with E-state index in [4.69, 9.17) is 0 Å². The minimum absolute atomic E-state index is 0.0603. The third-order valence-corrected chi connectivity index (χ3v) is 6.44. The highest BCUT2D eigenvalue weighted by molar-refractivity contribution is 5.97. The second-order valence-corrected chi connectivity index (χ2v) is 8.10. The molecule has 2 aliphatic rings. The summed E-state index contributed by atoms with van der Waals surface area (Å²) in [5, 5.41) is 0. The van der Waals surface area contributed by atoms with Crippen LogP contribution in [0.1, 0.15) is 60.0 Å². The van der Waals surface area contributed by atoms with E-state index in [9.17, 15) is 9.59 Å². The number of anilines is 1. The third kappa shape index (κ3) is 3.56. The molecule has 4 nitrogen and oxygen atoms in total. The maximum Gasteiger partial charge on any atom is 0.253 e. The SMILES string of the molecule is CC(=O)N1CCc2cc(C(=O)N(C)C3CCC(c4ccccc4)CC3)ccc21. The molecule has 4 heteroatoms. The van der Waals surface area contributed by atoms with Crippen molar-refractivity contribution >= 4 is 17.5 Å². The van der Waals surface area contributed by atoms with Crippen LogP contribution >= 0.6 is 0 Å². The Bertz CT molecular complexity index is 869. The molecular weight excluding hydrogens is 348 g/mol. The molecule has 1 saturated carbocycles. The van der Waals surface area contributed by atoms with Crippen LogP contribution in [0.2, 0.25) is 0 Å². The summed E-state index contributed by atoms with van der Waals surface area (Å²) in [6.07, 6.45) is 5.17. The second kappa shape index (κ2) is 7.78. The molecule has 1 heterocycles. The van der Waals surface area contributed by atoms with Gasteiger partial charge in [0.2, 0.25) is 5.91 Å². The van der Waals surface area contributed by atoms with E-state index < -0.39 is 0 Å². The van der Waals surface area contributed by atoms with Gasteiger partial charge in [-0.2, -0.15) is 0 Å². The molecule has 0 aromatic heterocycles. The van der Waals surface area contributed by atoms with Crippen molar-refractivity contribution in [2.45, 2.75) is 51.0 Å². The maximum absolute atomic E-state index is 13.1. The van der Waals surface area contributed by atoms with Crippen molar-refractivity contribution < 1.29 is 9.59 Å². The molecule has 0 bridgehead atoms. The lowest BCUT2D eigenvalue weighted by Crippen LogP contribution is -2.39. The number of hydrogen-bond acceptors (Lipinski definition) is 2. The lowest BCUT2D eigenvalue weighted by molar-refractivity contribution is -0.116. The summed E-state index contributed by atoms with van der Waals surface area (Å²) in [5.41, 5.74) is 4.21. The molecule has 1 aliphatic carbocycles. The van der Waals surface area contributed by atoms with Crippen LogP contribution < -0.4 is 4.90 Å². The quantitative estimate of drug-likeness (QED) is 0.797. The zero-order valence-corrected chi connectivity index (χ0v) is 16.7. The monoisotopic (exact) mass is 376 g/mol. The molecule has 28 heavy (non-hydrogen) atoms. The van der Waals surface area contributed by atoms with Crippen molar-refractivity contribution in [1.29, 1.82) is 0 Å². The number of carbonyl (C=O) groups is 2. The zero-order chi connectivity index (χ0) is 19.7. The first-order valence-corrected chi connectivity index (χ1v) is 10.3. The van der Waals surface area contributed by atoms with Gasteiger partial charge in [0.1, 0.15) is 0 Å². The van der Waals surface area contributed by atoms with Crippen molar-refractivity contribution in [2.24, 2.45) is 0 Å². The third-order valence-electron chi connectivity index (χ3n) is 6.44. The largest absolute Gasteiger partial charge is 0.339 e. The summed E-state index contributed by atoms with van der Waals surface area (Å²) in [7, 11) is 1.94. The maximum atomic E-state index is 13.1. The molecule has 0 atom stereocenters. The van der Waals surface area contributed by atoms with Crippen LogP contribution in [0.25, 0.3) is 0 Å². The molecule has 0 N–H and O–H groups in total. The summed E-state index contributed by atoms with van der Waals surface area (Å²) in [4.78, 5) is 28.5. The van der Waals surface area contributed by atoms with Gasteiger partial charge in [0.25, 0.3) is 5.91 Å². The molecule has 0 radical (unpaired) electrons. The van der Waals surface area contributed by atoms with Crippen molar-refractivity contribution in [2.75, 3.05) is 18.5 Å². The zero-order valence-electron chi connectivity index (χ0n) is 16.7. The van der Waals surface area contributed by atoms with E-state index in [2.05, 4.69) is 30.3 Å². The molecular formula is C24H28N2O2. The van der Waals surface area contributed by atoms with Gasteiger partial charge in [-0.1, -0.05) is 30.3 Å². The van der Waals surface area contributed by atoms with Crippen LogP contribution in [0.5, 0.6) is 0 Å². The van der Waals surface area contributed by atoms with Crippen LogP contribution in [0.4, 0.5) is 5.69 Å². The van der Waals surface area contributed by atoms with Gasteiger partial charge in [-0.15, -0.1) is 0 Å². The molecule has 0 unspecified atom stereocenters. The fourth-order valence-corrected chi connectivity index (χ4v) is 4.75. The van der Waals surface area contributed by atoms with Crippen LogP contribution in [-0.4, -0.2) is 36.3 Å². The summed E-state index contributed by atoms with van der Waals surface area (Å²) < 4.78 is 0. The van der Waals surface area contributed by atoms with Crippen molar-refractivity contribution in [3.8, 4) is 0 Å². The van der Waals surface area contributed by atoms with Gasteiger partial charge in [-0.05, 0) is 67.3 Å². The first kappa shape index (κ1) is 18.7. The summed E-state index contributed by atoms with van der Waals surface area (Å²) >= 11 is 0. The number of fused-ring (bicyclic) bond motifs is 1. The summed E-state index contributed by atoms with van der Waals surface area (Å²) in [6, 6.07) is 16.8. The first-order chi connectivity index (χ1) is 13.5. The average Bonchev–Trinajstić information content (AvgIpc) is 3.17. The van der Waals surface area contributed by atoms with E-state index in [1.165, 1.54) is 5.56 Å². The van der Waals surface area contributed by atoms with Crippen LogP contribution in [-0.2, 0) is 11.2 Å². The molecule has 0 spiro atoms. The molecule has 2 aromatic carbocycles. The van der Waals surface area contributed by atoms with E-state index in [0.717, 1.165) is 48.9 Å². The number of amides is 2. The van der Waals surface area contributed by atoms with E-state index in [1.807, 2.05) is 30.1 Å². The molecule has 0 saturated heterocycles. The van der Waals surface area contributed by atoms with E-state index in [1.54, 1.807) is 11.8 Å². The van der Waals surface area contributed by atoms with Crippen molar-refractivity contribution in [3.63, 3.8) is 0 Å². The van der Waals surface area contributed by atoms with E-state index >= 15 is 0 Å². The topological polar surface area (TPSA) is 40.6 Å². The minimum Gasteiger partial charge on any atom is -0.339 e. The van der Waals surface area contributed by atoms with Gasteiger partial charge in [0, 0.05) is 37.8 Å². The standard InChI is InChI=1S/C24H28N2O2/c1-17(27)26-15-14-20-16-21(10-13-23(20)26)24(28)25(2)22-11-8-19(9-12-22)18-6-4-3-5-7-18/h3-7,10,13,16,19,22H,8-9,11-12,14-15H2,1-2H3. The van der Waals surface area contributed by atoms with E-state index in [0.29, 0.717) is 18.5 Å². The number of hydrogen-bond donors (Lipinski definition) is 0. The molecule has 146 valence electrons. The Morgan fingerprint density at radius 3 is 2.39 bits per heavy atom. The average molecular weight is 377 g/mol. The highest BCUT2D eigenvalue weighted by Crippen LogP contribution is 2.35. The number of rotatable bonds is 3. The summed E-state index contributed by atoms with van der Waals surface area (Å²) in [6.45, 7) is 2.30. The summed E-state index contributed by atoms with van der Waals surface area (Å²) in [5.74, 6) is 0.760. The normalized spacial score (nSPS) is 21.3. The Kier molecular flexibility index (Phi) is 5.21. The van der Waals surface area contributed by atoms with Crippen LogP contribution in [0.15, 0.2) is 48.5 Å². The minimum atomic E-state index is 0.0603. The Morgan fingerprint density at radius 1 is 1.00 bits per heavy atom. The van der Waals surface area contributed by atoms with Gasteiger partial charge < -0.3 is 9.80 Å². The molecule has 2 aromatic rings. The van der Waals surface area contributed by atoms with E-state index in [-0.39, 0.29) is 11.8 Å². The molecule has 1 aliphatic heterocycles. The van der Waals surface area contributed by atoms with Crippen LogP contribution in [0.3, 0.4) is 0 Å². The van der Waals surface area contributed by atoms with Crippen molar-refractivity contribution in [1.82, 2.24) is 4.90 Å². The van der Waals surface area contributed by atoms with Crippen molar-refractivity contribution in [3.05, 3.63) is 65.2 Å². The first-order valence-electron chi connectivity index (χ1n) is 10.3. The van der Waals surface area contributed by atoms with Gasteiger partial charge in [-0.3, -0.25) is 9.59 Å². The van der Waals surface area contributed by atoms with Gasteiger partial charge in [0.05, 0.1) is 0 Å². The van der Waals surface area contributed by atoms with Crippen LogP contribution in [0, 0.1) is 0 Å². The number of benzene rings is 2. The Labute approximate surface area is 167 Å². The predicted molar refractivity (Wildman–Crippen MR) is 112 cm³/mol. The lowest BCUT2D eigenvalue weighted by atomic mass is 9.81. The number of nitrogens with zero attached hydrogens (tertiary/aromatic N) is 2. The Balaban J connectivity index is 1.41. The highest BCUT2D eigenvalue weighted by Gasteiger charge is 2.29. The van der Waals surface area contributed by atoms with Gasteiger partial charge >= 0.3 is 0 Å². The Hall–Kier alpha value is -2.62. The lowest BCUT2D eigenvalue weighted by Gasteiger charge is -2.35. The predicted octanol–water partition coefficient (Wildman–Crippen LogP) is 4.39.